The molecule has 1 aliphatic heterocycles. The lowest BCUT2D eigenvalue weighted by atomic mass is 10.1. The van der Waals surface area contributed by atoms with Gasteiger partial charge in [0.1, 0.15) is 0 Å². The van der Waals surface area contributed by atoms with Crippen LogP contribution in [0, 0.1) is 0 Å². The lowest BCUT2D eigenvalue weighted by Crippen LogP contribution is -2.32. The van der Waals surface area contributed by atoms with Crippen molar-refractivity contribution in [1.29, 1.82) is 0 Å². The second-order valence-electron chi connectivity index (χ2n) is 4.09. The Labute approximate surface area is 103 Å². The topological polar surface area (TPSA) is 36.4 Å². The lowest BCUT2D eigenvalue weighted by molar-refractivity contribution is -0.0944. The number of anilines is 1. The van der Waals surface area contributed by atoms with Crippen LogP contribution >= 0.6 is 0 Å². The van der Waals surface area contributed by atoms with Gasteiger partial charge in [-0.25, -0.2) is 0 Å². The molecule has 0 spiro atoms. The number of rotatable bonds is 2. The zero-order valence-electron chi connectivity index (χ0n) is 9.61. The third-order valence-electron chi connectivity index (χ3n) is 2.97. The van der Waals surface area contributed by atoms with E-state index in [1.807, 2.05) is 0 Å². The highest BCUT2D eigenvalue weighted by Gasteiger charge is 2.34. The summed E-state index contributed by atoms with van der Waals surface area (Å²) in [6.07, 6.45) is 0.0374. The number of halogens is 3. The van der Waals surface area contributed by atoms with Crippen molar-refractivity contribution in [3.8, 4) is 0 Å². The number of alkyl halides is 3. The number of pyridine rings is 1. The highest BCUT2D eigenvalue weighted by Crippen LogP contribution is 2.32. The average molecular weight is 258 g/mol. The van der Waals surface area contributed by atoms with Crippen molar-refractivity contribution in [1.82, 2.24) is 4.98 Å². The van der Waals surface area contributed by atoms with Crippen molar-refractivity contribution in [2.75, 3.05) is 18.0 Å². The Hall–Kier alpha value is -1.56. The van der Waals surface area contributed by atoms with Gasteiger partial charge in [-0.1, -0.05) is 6.08 Å². The molecule has 0 amide bonds. The van der Waals surface area contributed by atoms with Gasteiger partial charge in [-0.3, -0.25) is 4.98 Å². The average Bonchev–Trinajstić information content (AvgIpc) is 2.38. The van der Waals surface area contributed by atoms with Crippen LogP contribution < -0.4 is 4.90 Å². The summed E-state index contributed by atoms with van der Waals surface area (Å²) in [7, 11) is 0. The molecule has 0 saturated carbocycles. The summed E-state index contributed by atoms with van der Waals surface area (Å²) in [5.41, 5.74) is 0.888. The van der Waals surface area contributed by atoms with E-state index in [1.54, 1.807) is 23.4 Å². The van der Waals surface area contributed by atoms with Gasteiger partial charge in [0, 0.05) is 30.4 Å². The molecule has 98 valence electrons. The lowest BCUT2D eigenvalue weighted by Gasteiger charge is -2.30. The first-order valence-electron chi connectivity index (χ1n) is 5.57. The quantitative estimate of drug-likeness (QED) is 0.827. The minimum absolute atomic E-state index is 0.0384. The van der Waals surface area contributed by atoms with Crippen LogP contribution in [-0.2, 0) is 6.61 Å². The summed E-state index contributed by atoms with van der Waals surface area (Å²) >= 11 is 0. The van der Waals surface area contributed by atoms with Crippen LogP contribution in [0.3, 0.4) is 0 Å². The van der Waals surface area contributed by atoms with Crippen LogP contribution in [0.5, 0.6) is 0 Å². The van der Waals surface area contributed by atoms with E-state index in [4.69, 9.17) is 0 Å². The smallest absolute Gasteiger partial charge is 0.392 e. The molecule has 2 heterocycles. The molecule has 0 radical (unpaired) electrons. The van der Waals surface area contributed by atoms with E-state index in [2.05, 4.69) is 4.98 Å². The molecule has 0 unspecified atom stereocenters. The van der Waals surface area contributed by atoms with Gasteiger partial charge >= 0.3 is 6.18 Å². The zero-order valence-corrected chi connectivity index (χ0v) is 9.61. The molecule has 0 saturated heterocycles. The summed E-state index contributed by atoms with van der Waals surface area (Å²) in [4.78, 5) is 5.73. The third-order valence-corrected chi connectivity index (χ3v) is 2.97. The predicted molar refractivity (Wildman–Crippen MR) is 61.1 cm³/mol. The Morgan fingerprint density at radius 1 is 1.39 bits per heavy atom. The maximum atomic E-state index is 12.5. The Balaban J connectivity index is 2.17. The number of aliphatic hydroxyl groups is 1. The highest BCUT2D eigenvalue weighted by atomic mass is 19.4. The fourth-order valence-corrected chi connectivity index (χ4v) is 1.98. The number of hydrogen-bond donors (Lipinski definition) is 1. The van der Waals surface area contributed by atoms with Gasteiger partial charge in [-0.15, -0.1) is 0 Å². The standard InChI is InChI=1S/C12H13F3N2O/c13-12(14,15)10-2-5-17(6-3-10)11-7-16-4-1-9(11)8-18/h1-2,4,7,18H,3,5-6,8H2. The predicted octanol–water partition coefficient (Wildman–Crippen LogP) is 2.27. The molecule has 0 bridgehead atoms. The van der Waals surface area contributed by atoms with Crippen molar-refractivity contribution < 1.29 is 18.3 Å². The number of aliphatic hydroxyl groups excluding tert-OH is 1. The zero-order chi connectivity index (χ0) is 13.2. The summed E-state index contributed by atoms with van der Waals surface area (Å²) in [6, 6.07) is 1.67. The fourth-order valence-electron chi connectivity index (χ4n) is 1.98. The van der Waals surface area contributed by atoms with Crippen molar-refractivity contribution >= 4 is 5.69 Å². The van der Waals surface area contributed by atoms with Crippen LogP contribution in [0.25, 0.3) is 0 Å². The highest BCUT2D eigenvalue weighted by molar-refractivity contribution is 5.53. The van der Waals surface area contributed by atoms with Crippen LogP contribution in [0.2, 0.25) is 0 Å². The summed E-state index contributed by atoms with van der Waals surface area (Å²) < 4.78 is 37.4. The van der Waals surface area contributed by atoms with Gasteiger partial charge in [0.15, 0.2) is 0 Å². The van der Waals surface area contributed by atoms with E-state index in [0.29, 0.717) is 11.3 Å². The third kappa shape index (κ3) is 2.64. The maximum absolute atomic E-state index is 12.5. The molecular weight excluding hydrogens is 245 g/mol. The van der Waals surface area contributed by atoms with Gasteiger partial charge < -0.3 is 10.0 Å². The van der Waals surface area contributed by atoms with Crippen LogP contribution in [0.4, 0.5) is 18.9 Å². The van der Waals surface area contributed by atoms with Crippen LogP contribution in [-0.4, -0.2) is 29.4 Å². The molecule has 2 rings (SSSR count). The Bertz CT molecular complexity index is 457. The van der Waals surface area contributed by atoms with Crippen molar-refractivity contribution in [3.05, 3.63) is 35.7 Å². The first-order valence-corrected chi connectivity index (χ1v) is 5.57. The van der Waals surface area contributed by atoms with Crippen LogP contribution in [0.15, 0.2) is 30.1 Å². The van der Waals surface area contributed by atoms with Gasteiger partial charge in [0.2, 0.25) is 0 Å². The Morgan fingerprint density at radius 3 is 2.72 bits per heavy atom. The summed E-state index contributed by atoms with van der Waals surface area (Å²) in [5, 5.41) is 9.18. The molecule has 3 nitrogen and oxygen atoms in total. The number of hydrogen-bond acceptors (Lipinski definition) is 3. The van der Waals surface area contributed by atoms with E-state index in [1.165, 1.54) is 6.08 Å². The second kappa shape index (κ2) is 4.97. The molecule has 1 aromatic rings. The van der Waals surface area contributed by atoms with Gasteiger partial charge in [0.25, 0.3) is 0 Å². The fraction of sp³-hybridized carbons (Fsp3) is 0.417. The Kier molecular flexibility index (Phi) is 3.56. The summed E-state index contributed by atoms with van der Waals surface area (Å²) in [6.45, 7) is 0.321. The van der Waals surface area contributed by atoms with E-state index < -0.39 is 11.7 Å². The normalized spacial score (nSPS) is 16.7. The van der Waals surface area contributed by atoms with Gasteiger partial charge in [0.05, 0.1) is 18.5 Å². The molecule has 6 heteroatoms. The molecule has 0 aliphatic carbocycles. The van der Waals surface area contributed by atoms with Gasteiger partial charge in [-0.05, 0) is 12.5 Å². The first kappa shape index (κ1) is 12.9. The molecule has 18 heavy (non-hydrogen) atoms. The van der Waals surface area contributed by atoms with E-state index in [0.717, 1.165) is 0 Å². The SMILES string of the molecule is OCc1ccncc1N1CC=C(C(F)(F)F)CC1. The molecule has 0 atom stereocenters. The minimum atomic E-state index is -4.24. The molecule has 0 aromatic carbocycles. The first-order chi connectivity index (χ1) is 8.52. The maximum Gasteiger partial charge on any atom is 0.412 e. The largest absolute Gasteiger partial charge is 0.412 e. The number of nitrogens with zero attached hydrogens (tertiary/aromatic N) is 2. The second-order valence-corrected chi connectivity index (χ2v) is 4.09. The van der Waals surface area contributed by atoms with E-state index in [9.17, 15) is 18.3 Å². The molecular formula is C12H13F3N2O. The molecule has 0 fully saturated rings. The van der Waals surface area contributed by atoms with Crippen molar-refractivity contribution in [2.24, 2.45) is 0 Å². The summed E-state index contributed by atoms with van der Waals surface area (Å²) in [5.74, 6) is 0. The molecule has 1 N–H and O–H groups in total. The van der Waals surface area contributed by atoms with Crippen LogP contribution in [0.1, 0.15) is 12.0 Å². The monoisotopic (exact) mass is 258 g/mol. The minimum Gasteiger partial charge on any atom is -0.392 e. The Morgan fingerprint density at radius 2 is 2.17 bits per heavy atom. The van der Waals surface area contributed by atoms with Crippen molar-refractivity contribution in [2.45, 2.75) is 19.2 Å². The molecule has 1 aromatic heterocycles. The van der Waals surface area contributed by atoms with Gasteiger partial charge in [-0.2, -0.15) is 13.2 Å². The molecule has 1 aliphatic rings. The van der Waals surface area contributed by atoms with Crippen molar-refractivity contribution in [3.63, 3.8) is 0 Å². The van der Waals surface area contributed by atoms with E-state index >= 15 is 0 Å². The number of aromatic nitrogens is 1. The van der Waals surface area contributed by atoms with E-state index in [-0.39, 0.29) is 26.1 Å².